The van der Waals surface area contributed by atoms with Crippen LogP contribution in [-0.4, -0.2) is 9.78 Å². The average molecular weight is 151 g/mol. The van der Waals surface area contributed by atoms with Crippen LogP contribution in [0.4, 0.5) is 5.69 Å². The standard InChI is InChI=1S/C8H13N3/c1-2-3-4-5-11-7-8(9)6-10-11/h2,6-7H,1,3-5,9H2. The van der Waals surface area contributed by atoms with E-state index in [0.717, 1.165) is 25.1 Å². The number of allylic oxidation sites excluding steroid dienone is 1. The number of hydrogen-bond donors (Lipinski definition) is 1. The number of nitrogen functional groups attached to an aromatic ring is 1. The molecule has 0 bridgehead atoms. The largest absolute Gasteiger partial charge is 0.396 e. The van der Waals surface area contributed by atoms with Gasteiger partial charge in [-0.25, -0.2) is 0 Å². The topological polar surface area (TPSA) is 43.8 Å². The van der Waals surface area contributed by atoms with Gasteiger partial charge >= 0.3 is 0 Å². The van der Waals surface area contributed by atoms with Gasteiger partial charge in [-0.05, 0) is 12.8 Å². The van der Waals surface area contributed by atoms with E-state index in [1.54, 1.807) is 6.20 Å². The molecule has 0 saturated heterocycles. The highest BCUT2D eigenvalue weighted by Crippen LogP contribution is 2.00. The fraction of sp³-hybridized carbons (Fsp3) is 0.375. The molecule has 1 aromatic rings. The number of rotatable bonds is 4. The number of nitrogens with two attached hydrogens (primary N) is 1. The molecule has 0 aliphatic rings. The molecular formula is C8H13N3. The van der Waals surface area contributed by atoms with Crippen molar-refractivity contribution in [1.29, 1.82) is 0 Å². The molecule has 1 aromatic heterocycles. The number of nitrogens with zero attached hydrogens (tertiary/aromatic N) is 2. The Morgan fingerprint density at radius 1 is 1.73 bits per heavy atom. The minimum absolute atomic E-state index is 0.726. The lowest BCUT2D eigenvalue weighted by Crippen LogP contribution is -1.97. The van der Waals surface area contributed by atoms with Gasteiger partial charge in [0.05, 0.1) is 11.9 Å². The maximum absolute atomic E-state index is 5.48. The monoisotopic (exact) mass is 151 g/mol. The van der Waals surface area contributed by atoms with Crippen molar-refractivity contribution in [3.63, 3.8) is 0 Å². The van der Waals surface area contributed by atoms with Crippen LogP contribution in [0.25, 0.3) is 0 Å². The lowest BCUT2D eigenvalue weighted by atomic mass is 10.3. The maximum atomic E-state index is 5.48. The third-order valence-electron chi connectivity index (χ3n) is 1.45. The van der Waals surface area contributed by atoms with Crippen LogP contribution < -0.4 is 5.73 Å². The summed E-state index contributed by atoms with van der Waals surface area (Å²) in [6.07, 6.45) is 7.51. The Labute approximate surface area is 66.5 Å². The van der Waals surface area contributed by atoms with Gasteiger partial charge in [0.1, 0.15) is 0 Å². The lowest BCUT2D eigenvalue weighted by molar-refractivity contribution is 0.584. The molecule has 3 nitrogen and oxygen atoms in total. The van der Waals surface area contributed by atoms with Crippen LogP contribution in [0, 0.1) is 0 Å². The molecule has 0 unspecified atom stereocenters. The SMILES string of the molecule is C=CCCCn1cc(N)cn1. The number of unbranched alkanes of at least 4 members (excludes halogenated alkanes) is 1. The first-order chi connectivity index (χ1) is 5.33. The minimum atomic E-state index is 0.726. The summed E-state index contributed by atoms with van der Waals surface area (Å²) in [4.78, 5) is 0. The van der Waals surface area contributed by atoms with E-state index in [4.69, 9.17) is 5.73 Å². The van der Waals surface area contributed by atoms with Crippen molar-refractivity contribution in [2.24, 2.45) is 0 Å². The van der Waals surface area contributed by atoms with Crippen LogP contribution in [0.15, 0.2) is 25.0 Å². The van der Waals surface area contributed by atoms with Gasteiger partial charge in [0, 0.05) is 12.7 Å². The van der Waals surface area contributed by atoms with Crippen molar-refractivity contribution in [1.82, 2.24) is 9.78 Å². The molecule has 0 aliphatic heterocycles. The minimum Gasteiger partial charge on any atom is -0.396 e. The van der Waals surface area contributed by atoms with Crippen molar-refractivity contribution in [2.45, 2.75) is 19.4 Å². The third kappa shape index (κ3) is 2.45. The Balaban J connectivity index is 2.32. The van der Waals surface area contributed by atoms with E-state index in [-0.39, 0.29) is 0 Å². The van der Waals surface area contributed by atoms with Crippen molar-refractivity contribution < 1.29 is 0 Å². The molecule has 60 valence electrons. The lowest BCUT2D eigenvalue weighted by Gasteiger charge is -1.96. The molecule has 0 aliphatic carbocycles. The summed E-state index contributed by atoms with van der Waals surface area (Å²) < 4.78 is 1.85. The zero-order valence-corrected chi connectivity index (χ0v) is 6.53. The van der Waals surface area contributed by atoms with E-state index >= 15 is 0 Å². The Bertz CT molecular complexity index is 227. The Morgan fingerprint density at radius 3 is 3.09 bits per heavy atom. The van der Waals surface area contributed by atoms with Gasteiger partial charge in [0.25, 0.3) is 0 Å². The number of aromatic nitrogens is 2. The predicted octanol–water partition coefficient (Wildman–Crippen LogP) is 1.43. The van der Waals surface area contributed by atoms with Crippen LogP contribution >= 0.6 is 0 Å². The summed E-state index contributed by atoms with van der Waals surface area (Å²) in [6.45, 7) is 4.56. The highest BCUT2D eigenvalue weighted by molar-refractivity contribution is 5.30. The van der Waals surface area contributed by atoms with Gasteiger partial charge in [0.2, 0.25) is 0 Å². The second-order valence-electron chi connectivity index (χ2n) is 2.47. The molecule has 1 heterocycles. The molecule has 0 radical (unpaired) electrons. The fourth-order valence-corrected chi connectivity index (χ4v) is 0.899. The smallest absolute Gasteiger partial charge is 0.0719 e. The van der Waals surface area contributed by atoms with Crippen molar-refractivity contribution in [3.05, 3.63) is 25.0 Å². The van der Waals surface area contributed by atoms with Gasteiger partial charge in [-0.2, -0.15) is 5.10 Å². The molecule has 0 saturated carbocycles. The molecule has 0 aromatic carbocycles. The zero-order valence-electron chi connectivity index (χ0n) is 6.53. The molecule has 0 spiro atoms. The van der Waals surface area contributed by atoms with Crippen molar-refractivity contribution in [2.75, 3.05) is 5.73 Å². The van der Waals surface area contributed by atoms with Gasteiger partial charge in [0.15, 0.2) is 0 Å². The molecule has 0 atom stereocenters. The molecule has 0 fully saturated rings. The van der Waals surface area contributed by atoms with Crippen LogP contribution in [0.5, 0.6) is 0 Å². The average Bonchev–Trinajstić information content (AvgIpc) is 2.37. The molecule has 11 heavy (non-hydrogen) atoms. The second kappa shape index (κ2) is 3.81. The maximum Gasteiger partial charge on any atom is 0.0719 e. The predicted molar refractivity (Wildman–Crippen MR) is 46.1 cm³/mol. The van der Waals surface area contributed by atoms with Gasteiger partial charge in [-0.3, -0.25) is 4.68 Å². The number of aryl methyl sites for hydroxylation is 1. The summed E-state index contributed by atoms with van der Waals surface area (Å²) in [5, 5.41) is 4.04. The number of anilines is 1. The molecule has 2 N–H and O–H groups in total. The van der Waals surface area contributed by atoms with Crippen molar-refractivity contribution in [3.8, 4) is 0 Å². The van der Waals surface area contributed by atoms with E-state index in [1.165, 1.54) is 0 Å². The number of hydrogen-bond acceptors (Lipinski definition) is 2. The summed E-state index contributed by atoms with van der Waals surface area (Å²) in [6, 6.07) is 0. The first kappa shape index (κ1) is 7.85. The van der Waals surface area contributed by atoms with Gasteiger partial charge in [-0.1, -0.05) is 6.08 Å². The highest BCUT2D eigenvalue weighted by Gasteiger charge is 1.91. The zero-order chi connectivity index (χ0) is 8.10. The Hall–Kier alpha value is -1.25. The Kier molecular flexibility index (Phi) is 2.72. The normalized spacial score (nSPS) is 9.82. The first-order valence-electron chi connectivity index (χ1n) is 3.72. The third-order valence-corrected chi connectivity index (χ3v) is 1.45. The van der Waals surface area contributed by atoms with E-state index < -0.39 is 0 Å². The second-order valence-corrected chi connectivity index (χ2v) is 2.47. The van der Waals surface area contributed by atoms with Crippen LogP contribution in [-0.2, 0) is 6.54 Å². The summed E-state index contributed by atoms with van der Waals surface area (Å²) in [5.41, 5.74) is 6.20. The molecular weight excluding hydrogens is 138 g/mol. The van der Waals surface area contributed by atoms with Crippen LogP contribution in [0.1, 0.15) is 12.8 Å². The molecule has 1 rings (SSSR count). The van der Waals surface area contributed by atoms with E-state index in [0.29, 0.717) is 0 Å². The van der Waals surface area contributed by atoms with E-state index in [1.807, 2.05) is 17.0 Å². The van der Waals surface area contributed by atoms with Gasteiger partial charge in [-0.15, -0.1) is 6.58 Å². The summed E-state index contributed by atoms with van der Waals surface area (Å²) in [7, 11) is 0. The Morgan fingerprint density at radius 2 is 2.55 bits per heavy atom. The summed E-state index contributed by atoms with van der Waals surface area (Å²) >= 11 is 0. The van der Waals surface area contributed by atoms with E-state index in [9.17, 15) is 0 Å². The van der Waals surface area contributed by atoms with E-state index in [2.05, 4.69) is 11.7 Å². The quantitative estimate of drug-likeness (QED) is 0.522. The fourth-order valence-electron chi connectivity index (χ4n) is 0.899. The summed E-state index contributed by atoms with van der Waals surface area (Å²) in [5.74, 6) is 0. The highest BCUT2D eigenvalue weighted by atomic mass is 15.3. The first-order valence-corrected chi connectivity index (χ1v) is 3.72. The van der Waals surface area contributed by atoms with Crippen LogP contribution in [0.2, 0.25) is 0 Å². The molecule has 3 heteroatoms. The molecule has 0 amide bonds. The van der Waals surface area contributed by atoms with Gasteiger partial charge < -0.3 is 5.73 Å². The van der Waals surface area contributed by atoms with Crippen LogP contribution in [0.3, 0.4) is 0 Å². The van der Waals surface area contributed by atoms with Crippen molar-refractivity contribution >= 4 is 5.69 Å².